The second-order valence-corrected chi connectivity index (χ2v) is 8.44. The number of benzene rings is 1. The third-order valence-electron chi connectivity index (χ3n) is 6.37. The smallest absolute Gasteiger partial charge is 0.267 e. The quantitative estimate of drug-likeness (QED) is 0.577. The van der Waals surface area contributed by atoms with Gasteiger partial charge in [-0.3, -0.25) is 14.7 Å². The number of Topliss-reactive ketones (excluding diaryl/α,β-unsaturated/α-hetero) is 1. The molecule has 30 heavy (non-hydrogen) atoms. The Kier molecular flexibility index (Phi) is 5.84. The second kappa shape index (κ2) is 8.54. The molecule has 0 spiro atoms. The molecular formula is C24H31N3O3. The molecule has 2 aromatic heterocycles. The Morgan fingerprint density at radius 1 is 1.23 bits per heavy atom. The molecule has 1 aromatic carbocycles. The van der Waals surface area contributed by atoms with Crippen LogP contribution in [0.1, 0.15) is 80.8 Å². The Morgan fingerprint density at radius 2 is 2.00 bits per heavy atom. The standard InChI is InChI=1S/C24H31N3O3/c1-4-8-21(28)24(20-14-22(29)27(26-20)16-9-6-5-7-10-16)23-15(2)25-19-12-11-17(30-3)13-18(19)23/h11-14,16,24-26H,4-10H2,1-3H3. The summed E-state index contributed by atoms with van der Waals surface area (Å²) >= 11 is 0. The summed E-state index contributed by atoms with van der Waals surface area (Å²) in [6, 6.07) is 7.68. The predicted molar refractivity (Wildman–Crippen MR) is 119 cm³/mol. The topological polar surface area (TPSA) is 79.9 Å². The molecule has 0 radical (unpaired) electrons. The molecule has 4 rings (SSSR count). The van der Waals surface area contributed by atoms with Crippen molar-refractivity contribution >= 4 is 16.7 Å². The zero-order chi connectivity index (χ0) is 21.3. The van der Waals surface area contributed by atoms with Gasteiger partial charge >= 0.3 is 0 Å². The molecule has 0 amide bonds. The number of fused-ring (bicyclic) bond motifs is 1. The van der Waals surface area contributed by atoms with E-state index < -0.39 is 5.92 Å². The number of carbonyl (C=O) groups excluding carboxylic acids is 1. The van der Waals surface area contributed by atoms with E-state index in [1.807, 2.05) is 32.0 Å². The van der Waals surface area contributed by atoms with Gasteiger partial charge in [-0.25, -0.2) is 4.68 Å². The molecule has 1 unspecified atom stereocenters. The molecule has 6 nitrogen and oxygen atoms in total. The summed E-state index contributed by atoms with van der Waals surface area (Å²) in [6.45, 7) is 4.00. The molecule has 2 N–H and O–H groups in total. The van der Waals surface area contributed by atoms with Gasteiger partial charge in [0.2, 0.25) is 0 Å². The van der Waals surface area contributed by atoms with E-state index in [1.165, 1.54) is 6.42 Å². The lowest BCUT2D eigenvalue weighted by Gasteiger charge is -2.22. The van der Waals surface area contributed by atoms with Gasteiger partial charge < -0.3 is 9.72 Å². The molecular weight excluding hydrogens is 378 g/mol. The van der Waals surface area contributed by atoms with Gasteiger partial charge in [0.1, 0.15) is 11.5 Å². The SMILES string of the molecule is CCCC(=O)C(c1cc(=O)n(C2CCCCC2)[nH]1)c1c(C)[nH]c2ccc(OC)cc12. The molecule has 3 aromatic rings. The number of aromatic amines is 2. The van der Waals surface area contributed by atoms with Gasteiger partial charge in [-0.15, -0.1) is 0 Å². The maximum absolute atomic E-state index is 13.3. The minimum Gasteiger partial charge on any atom is -0.497 e. The Labute approximate surface area is 176 Å². The largest absolute Gasteiger partial charge is 0.497 e. The number of aromatic nitrogens is 3. The molecule has 6 heteroatoms. The Bertz CT molecular complexity index is 1100. The van der Waals surface area contributed by atoms with Crippen LogP contribution >= 0.6 is 0 Å². The lowest BCUT2D eigenvalue weighted by Crippen LogP contribution is -2.24. The van der Waals surface area contributed by atoms with Crippen LogP contribution in [-0.4, -0.2) is 27.7 Å². The van der Waals surface area contributed by atoms with E-state index in [0.29, 0.717) is 12.1 Å². The number of rotatable bonds is 7. The number of carbonyl (C=O) groups is 1. The molecule has 160 valence electrons. The first-order valence-electron chi connectivity index (χ1n) is 11.0. The van der Waals surface area contributed by atoms with Gasteiger partial charge in [0.05, 0.1) is 24.8 Å². The molecule has 0 bridgehead atoms. The van der Waals surface area contributed by atoms with Crippen LogP contribution in [0.2, 0.25) is 0 Å². The molecule has 1 atom stereocenters. The zero-order valence-corrected chi connectivity index (χ0v) is 18.1. The minimum atomic E-state index is -0.497. The van der Waals surface area contributed by atoms with Crippen molar-refractivity contribution in [3.63, 3.8) is 0 Å². The molecule has 2 heterocycles. The van der Waals surface area contributed by atoms with Crippen LogP contribution in [0.4, 0.5) is 0 Å². The van der Waals surface area contributed by atoms with Crippen molar-refractivity contribution in [2.75, 3.05) is 7.11 Å². The number of nitrogens with one attached hydrogen (secondary N) is 2. The second-order valence-electron chi connectivity index (χ2n) is 8.44. The van der Waals surface area contributed by atoms with Crippen LogP contribution in [0.25, 0.3) is 10.9 Å². The van der Waals surface area contributed by atoms with Gasteiger partial charge in [-0.2, -0.15) is 0 Å². The van der Waals surface area contributed by atoms with Crippen LogP contribution in [-0.2, 0) is 4.79 Å². The number of hydrogen-bond acceptors (Lipinski definition) is 3. The number of H-pyrrole nitrogens is 2. The summed E-state index contributed by atoms with van der Waals surface area (Å²) < 4.78 is 7.18. The average Bonchev–Trinajstić information content (AvgIpc) is 3.28. The van der Waals surface area contributed by atoms with Gasteiger partial charge in [0, 0.05) is 29.1 Å². The number of ketones is 1. The summed E-state index contributed by atoms with van der Waals surface area (Å²) in [5.74, 6) is 0.377. The first kappa shape index (κ1) is 20.5. The summed E-state index contributed by atoms with van der Waals surface area (Å²) in [7, 11) is 1.64. The fraction of sp³-hybridized carbons (Fsp3) is 0.500. The first-order chi connectivity index (χ1) is 14.5. The van der Waals surface area contributed by atoms with E-state index in [4.69, 9.17) is 4.74 Å². The van der Waals surface area contributed by atoms with Crippen molar-refractivity contribution < 1.29 is 9.53 Å². The van der Waals surface area contributed by atoms with Gasteiger partial charge in [0.15, 0.2) is 0 Å². The number of aryl methyl sites for hydroxylation is 1. The summed E-state index contributed by atoms with van der Waals surface area (Å²) in [5, 5.41) is 4.30. The maximum atomic E-state index is 13.3. The average molecular weight is 410 g/mol. The highest BCUT2D eigenvalue weighted by molar-refractivity contribution is 5.96. The van der Waals surface area contributed by atoms with Crippen LogP contribution < -0.4 is 10.3 Å². The molecule has 1 aliphatic carbocycles. The number of methoxy groups -OCH3 is 1. The maximum Gasteiger partial charge on any atom is 0.267 e. The Hall–Kier alpha value is -2.76. The van der Waals surface area contributed by atoms with E-state index >= 15 is 0 Å². The van der Waals surface area contributed by atoms with E-state index in [0.717, 1.165) is 60.0 Å². The Balaban J connectivity index is 1.84. The highest BCUT2D eigenvalue weighted by Crippen LogP contribution is 2.36. The van der Waals surface area contributed by atoms with E-state index in [1.54, 1.807) is 17.9 Å². The lowest BCUT2D eigenvalue weighted by molar-refractivity contribution is -0.119. The molecule has 0 aliphatic heterocycles. The molecule has 1 fully saturated rings. The third kappa shape index (κ3) is 3.71. The molecule has 1 aliphatic rings. The fourth-order valence-corrected chi connectivity index (χ4v) is 4.89. The fourth-order valence-electron chi connectivity index (χ4n) is 4.89. The van der Waals surface area contributed by atoms with Crippen LogP contribution in [0.3, 0.4) is 0 Å². The summed E-state index contributed by atoms with van der Waals surface area (Å²) in [5.41, 5.74) is 3.49. The Morgan fingerprint density at radius 3 is 2.70 bits per heavy atom. The number of nitrogens with zero attached hydrogens (tertiary/aromatic N) is 1. The highest BCUT2D eigenvalue weighted by Gasteiger charge is 2.30. The first-order valence-corrected chi connectivity index (χ1v) is 11.0. The predicted octanol–water partition coefficient (Wildman–Crippen LogP) is 4.98. The summed E-state index contributed by atoms with van der Waals surface area (Å²) in [6.07, 6.45) is 6.78. The zero-order valence-electron chi connectivity index (χ0n) is 18.1. The third-order valence-corrected chi connectivity index (χ3v) is 6.37. The van der Waals surface area contributed by atoms with E-state index in [-0.39, 0.29) is 17.4 Å². The highest BCUT2D eigenvalue weighted by atomic mass is 16.5. The van der Waals surface area contributed by atoms with E-state index in [9.17, 15) is 9.59 Å². The molecule has 1 saturated carbocycles. The normalized spacial score (nSPS) is 16.1. The van der Waals surface area contributed by atoms with Crippen LogP contribution in [0.5, 0.6) is 5.75 Å². The molecule has 0 saturated heterocycles. The number of ether oxygens (including phenoxy) is 1. The van der Waals surface area contributed by atoms with Crippen molar-refractivity contribution in [3.05, 3.63) is 51.6 Å². The van der Waals surface area contributed by atoms with Gasteiger partial charge in [-0.1, -0.05) is 26.2 Å². The lowest BCUT2D eigenvalue weighted by atomic mass is 9.87. The van der Waals surface area contributed by atoms with Gasteiger partial charge in [0.25, 0.3) is 5.56 Å². The number of hydrogen-bond donors (Lipinski definition) is 2. The van der Waals surface area contributed by atoms with E-state index in [2.05, 4.69) is 10.1 Å². The van der Waals surface area contributed by atoms with Gasteiger partial charge in [-0.05, 0) is 49.9 Å². The van der Waals surface area contributed by atoms with Crippen LogP contribution in [0, 0.1) is 6.92 Å². The van der Waals surface area contributed by atoms with Crippen molar-refractivity contribution in [2.45, 2.75) is 70.8 Å². The van der Waals surface area contributed by atoms with Crippen molar-refractivity contribution in [1.82, 2.24) is 14.8 Å². The van der Waals surface area contributed by atoms with Crippen LogP contribution in [0.15, 0.2) is 29.1 Å². The van der Waals surface area contributed by atoms with Crippen molar-refractivity contribution in [3.8, 4) is 5.75 Å². The minimum absolute atomic E-state index is 0.0405. The monoisotopic (exact) mass is 409 g/mol. The van der Waals surface area contributed by atoms with Crippen molar-refractivity contribution in [2.24, 2.45) is 0 Å². The summed E-state index contributed by atoms with van der Waals surface area (Å²) in [4.78, 5) is 29.6. The van der Waals surface area contributed by atoms with Crippen molar-refractivity contribution in [1.29, 1.82) is 0 Å².